The van der Waals surface area contributed by atoms with Gasteiger partial charge in [0.15, 0.2) is 0 Å². The van der Waals surface area contributed by atoms with Gasteiger partial charge in [-0.25, -0.2) is 13.6 Å². The van der Waals surface area contributed by atoms with Crippen LogP contribution < -0.4 is 25.8 Å². The molecule has 2 saturated heterocycles. The zero-order valence-corrected chi connectivity index (χ0v) is 24.1. The monoisotopic (exact) mass is 640 g/mol. The van der Waals surface area contributed by atoms with Gasteiger partial charge in [-0.3, -0.25) is 4.79 Å². The number of anilines is 2. The van der Waals surface area contributed by atoms with Crippen molar-refractivity contribution in [2.45, 2.75) is 42.5 Å². The van der Waals surface area contributed by atoms with Crippen LogP contribution >= 0.6 is 11.6 Å². The highest BCUT2D eigenvalue weighted by molar-refractivity contribution is 7.89. The van der Waals surface area contributed by atoms with E-state index in [1.165, 1.54) is 24.3 Å². The fraction of sp³-hybridized carbons (Fsp3) is 0.370. The molecule has 2 aromatic carbocycles. The number of hydrogen-bond donors (Lipinski definition) is 4. The summed E-state index contributed by atoms with van der Waals surface area (Å²) in [6.07, 6.45) is -6.25. The number of rotatable bonds is 7. The van der Waals surface area contributed by atoms with Crippen molar-refractivity contribution < 1.29 is 36.2 Å². The van der Waals surface area contributed by atoms with Gasteiger partial charge in [0.1, 0.15) is 11.9 Å². The number of carboxylic acid groups (broad SMARTS) is 1. The number of alkyl halides is 3. The zero-order chi connectivity index (χ0) is 31.2. The lowest BCUT2D eigenvalue weighted by Crippen LogP contribution is -2.41. The molecule has 2 aliphatic heterocycles. The number of halogens is 4. The minimum absolute atomic E-state index is 0.142. The molecule has 2 fully saturated rings. The van der Waals surface area contributed by atoms with Crippen LogP contribution in [0.5, 0.6) is 5.88 Å². The molecule has 1 aromatic heterocycles. The average molecular weight is 641 g/mol. The zero-order valence-electron chi connectivity index (χ0n) is 22.5. The van der Waals surface area contributed by atoms with E-state index in [1.807, 2.05) is 0 Å². The molecular formula is C27H28ClF3N6O5S. The van der Waals surface area contributed by atoms with Crippen LogP contribution in [0.15, 0.2) is 53.4 Å². The number of primary sulfonamides is 1. The fourth-order valence-corrected chi connectivity index (χ4v) is 6.80. The summed E-state index contributed by atoms with van der Waals surface area (Å²) in [7, 11) is -4.71. The van der Waals surface area contributed by atoms with Crippen molar-refractivity contribution in [2.24, 2.45) is 10.6 Å². The molecular weight excluding hydrogens is 613 g/mol. The maximum atomic E-state index is 14.7. The number of nitrogen functional groups attached to an aromatic ring is 1. The molecule has 2 aliphatic rings. The first-order chi connectivity index (χ1) is 20.1. The lowest BCUT2D eigenvalue weighted by atomic mass is 9.76. The van der Waals surface area contributed by atoms with E-state index in [0.29, 0.717) is 38.9 Å². The topological polar surface area (TPSA) is 174 Å². The normalized spacial score (nSPS) is 19.4. The maximum Gasteiger partial charge on any atom is 0.429 e. The molecule has 0 radical (unpaired) electrons. The predicted octanol–water partition coefficient (Wildman–Crippen LogP) is 3.74. The van der Waals surface area contributed by atoms with Gasteiger partial charge in [0, 0.05) is 36.3 Å². The van der Waals surface area contributed by atoms with Crippen molar-refractivity contribution in [3.05, 3.63) is 59.1 Å². The van der Waals surface area contributed by atoms with E-state index in [4.69, 9.17) is 27.2 Å². The summed E-state index contributed by atoms with van der Waals surface area (Å²) in [5, 5.41) is 17.6. The SMILES string of the molecule is Nc1nc(O[C@H](c2c(-c3ccccc3)cc(Cl)cc2S(N)(=O)=O)C(F)(F)F)cc(N2CCC3(CC2)CNC(C(=O)O)C3)n1. The summed E-state index contributed by atoms with van der Waals surface area (Å²) in [6, 6.07) is 10.4. The van der Waals surface area contributed by atoms with Crippen LogP contribution in [-0.4, -0.2) is 61.3 Å². The third-order valence-corrected chi connectivity index (χ3v) is 8.98. The molecule has 0 bridgehead atoms. The average Bonchev–Trinajstić information content (AvgIpc) is 3.35. The minimum atomic E-state index is -5.13. The lowest BCUT2D eigenvalue weighted by Gasteiger charge is -2.39. The minimum Gasteiger partial charge on any atom is -0.480 e. The van der Waals surface area contributed by atoms with Gasteiger partial charge in [0.25, 0.3) is 0 Å². The quantitative estimate of drug-likeness (QED) is 0.298. The summed E-state index contributed by atoms with van der Waals surface area (Å²) < 4.78 is 74.8. The molecule has 0 amide bonds. The Morgan fingerprint density at radius 2 is 1.84 bits per heavy atom. The van der Waals surface area contributed by atoms with Crippen molar-refractivity contribution in [1.29, 1.82) is 0 Å². The summed E-state index contributed by atoms with van der Waals surface area (Å²) in [6.45, 7) is 1.43. The number of sulfonamides is 1. The molecule has 1 unspecified atom stereocenters. The van der Waals surface area contributed by atoms with Crippen LogP contribution in [0.1, 0.15) is 30.9 Å². The Kier molecular flexibility index (Phi) is 8.19. The van der Waals surface area contributed by atoms with E-state index < -0.39 is 50.7 Å². The first-order valence-electron chi connectivity index (χ1n) is 13.2. The highest BCUT2D eigenvalue weighted by Crippen LogP contribution is 2.45. The number of nitrogens with one attached hydrogen (secondary N) is 1. The Morgan fingerprint density at radius 3 is 2.42 bits per heavy atom. The number of nitrogens with zero attached hydrogens (tertiary/aromatic N) is 3. The van der Waals surface area contributed by atoms with Gasteiger partial charge in [-0.2, -0.15) is 23.1 Å². The van der Waals surface area contributed by atoms with E-state index >= 15 is 0 Å². The van der Waals surface area contributed by atoms with Gasteiger partial charge >= 0.3 is 12.1 Å². The first-order valence-corrected chi connectivity index (χ1v) is 15.1. The second-order valence-electron chi connectivity index (χ2n) is 10.7. The lowest BCUT2D eigenvalue weighted by molar-refractivity contribution is -0.199. The Bertz CT molecular complexity index is 1640. The molecule has 11 nitrogen and oxygen atoms in total. The number of carbonyl (C=O) groups is 1. The first kappa shape index (κ1) is 30.8. The van der Waals surface area contributed by atoms with Gasteiger partial charge in [0.05, 0.1) is 4.90 Å². The van der Waals surface area contributed by atoms with Crippen LogP contribution in [0.2, 0.25) is 5.02 Å². The molecule has 0 aliphatic carbocycles. The van der Waals surface area contributed by atoms with E-state index in [2.05, 4.69) is 15.3 Å². The number of aromatic nitrogens is 2. The molecule has 0 saturated carbocycles. The molecule has 6 N–H and O–H groups in total. The second kappa shape index (κ2) is 11.4. The summed E-state index contributed by atoms with van der Waals surface area (Å²) >= 11 is 6.14. The van der Waals surface area contributed by atoms with Crippen molar-refractivity contribution in [2.75, 3.05) is 30.3 Å². The van der Waals surface area contributed by atoms with Crippen LogP contribution in [0.3, 0.4) is 0 Å². The van der Waals surface area contributed by atoms with Crippen LogP contribution in [0, 0.1) is 5.41 Å². The molecule has 3 aromatic rings. The number of nitrogens with two attached hydrogens (primary N) is 2. The van der Waals surface area contributed by atoms with Gasteiger partial charge in [-0.1, -0.05) is 41.9 Å². The standard InChI is InChI=1S/C27H28ClF3N6O5S/c28-16-10-17(15-4-2-1-3-5-15)22(19(11-16)43(33,40)41)23(27(29,30)31)42-21-12-20(35-25(32)36-21)37-8-6-26(7-9-37)13-18(24(38)39)34-14-26/h1-5,10-12,18,23,34H,6-9,13-14H2,(H,38,39)(H2,32,35,36)(H2,33,40,41)/t18?,23-/m1/s1. The number of hydrogen-bond acceptors (Lipinski definition) is 9. The molecule has 230 valence electrons. The largest absolute Gasteiger partial charge is 0.480 e. The molecule has 2 atom stereocenters. The van der Waals surface area contributed by atoms with Crippen molar-refractivity contribution in [3.63, 3.8) is 0 Å². The van der Waals surface area contributed by atoms with Gasteiger partial charge < -0.3 is 25.8 Å². The van der Waals surface area contributed by atoms with Crippen molar-refractivity contribution >= 4 is 39.4 Å². The van der Waals surface area contributed by atoms with Crippen LogP contribution in [0.25, 0.3) is 11.1 Å². The molecule has 43 heavy (non-hydrogen) atoms. The molecule has 5 rings (SSSR count). The Morgan fingerprint density at radius 1 is 1.16 bits per heavy atom. The smallest absolute Gasteiger partial charge is 0.429 e. The Hall–Kier alpha value is -3.66. The van der Waals surface area contributed by atoms with Crippen molar-refractivity contribution in [3.8, 4) is 17.0 Å². The van der Waals surface area contributed by atoms with Crippen LogP contribution in [0.4, 0.5) is 24.9 Å². The van der Waals surface area contributed by atoms with Crippen molar-refractivity contribution in [1.82, 2.24) is 15.3 Å². The molecule has 3 heterocycles. The number of aliphatic carboxylic acids is 1. The summed E-state index contributed by atoms with van der Waals surface area (Å²) in [5.41, 5.74) is 5.01. The van der Waals surface area contributed by atoms with E-state index in [1.54, 1.807) is 23.1 Å². The van der Waals surface area contributed by atoms with Gasteiger partial charge in [0.2, 0.25) is 28.0 Å². The molecule has 16 heteroatoms. The highest BCUT2D eigenvalue weighted by Gasteiger charge is 2.48. The summed E-state index contributed by atoms with van der Waals surface area (Å²) in [4.78, 5) is 20.4. The van der Waals surface area contributed by atoms with E-state index in [9.17, 15) is 31.5 Å². The van der Waals surface area contributed by atoms with Crippen LogP contribution in [-0.2, 0) is 14.8 Å². The number of carboxylic acids is 1. The van der Waals surface area contributed by atoms with E-state index in [0.717, 1.165) is 6.07 Å². The highest BCUT2D eigenvalue weighted by atomic mass is 35.5. The third-order valence-electron chi connectivity index (χ3n) is 7.81. The van der Waals surface area contributed by atoms with Gasteiger partial charge in [-0.15, -0.1) is 0 Å². The molecule has 1 spiro atoms. The van der Waals surface area contributed by atoms with E-state index in [-0.39, 0.29) is 33.3 Å². The summed E-state index contributed by atoms with van der Waals surface area (Å²) in [5.74, 6) is -1.59. The maximum absolute atomic E-state index is 14.7. The number of ether oxygens (including phenoxy) is 1. The Balaban J connectivity index is 1.51. The Labute approximate surface area is 250 Å². The second-order valence-corrected chi connectivity index (χ2v) is 12.7. The number of piperidine rings is 1. The fourth-order valence-electron chi connectivity index (χ4n) is 5.70. The van der Waals surface area contributed by atoms with Gasteiger partial charge in [-0.05, 0) is 47.9 Å². The number of benzene rings is 2. The third kappa shape index (κ3) is 6.64. The predicted molar refractivity (Wildman–Crippen MR) is 152 cm³/mol.